The third kappa shape index (κ3) is 4.17. The monoisotopic (exact) mass is 236 g/mol. The number of carbonyl (C=O) groups excluding carboxylic acids is 1. The maximum atomic E-state index is 11.7. The number of nitrogens with two attached hydrogens (primary N) is 1. The van der Waals surface area contributed by atoms with Gasteiger partial charge in [0.1, 0.15) is 0 Å². The zero-order valence-electron chi connectivity index (χ0n) is 10.1. The van der Waals surface area contributed by atoms with Gasteiger partial charge in [-0.2, -0.15) is 0 Å². The Morgan fingerprint density at radius 1 is 1.41 bits per heavy atom. The molecule has 1 aromatic rings. The predicted molar refractivity (Wildman–Crippen MR) is 67.3 cm³/mol. The second kappa shape index (κ2) is 7.04. The normalized spacial score (nSPS) is 14.1. The highest BCUT2D eigenvalue weighted by atomic mass is 16.3. The fraction of sp³-hybridized carbons (Fsp3) is 0.462. The second-order valence-electron chi connectivity index (χ2n) is 4.05. The molecule has 0 aromatic heterocycles. The van der Waals surface area contributed by atoms with Crippen LogP contribution in [0, 0.1) is 0 Å². The molecule has 0 radical (unpaired) electrons. The number of benzene rings is 1. The summed E-state index contributed by atoms with van der Waals surface area (Å²) in [6, 6.07) is 8.48. The Morgan fingerprint density at radius 3 is 2.59 bits per heavy atom. The van der Waals surface area contributed by atoms with E-state index in [0.29, 0.717) is 6.42 Å². The Labute approximate surface area is 102 Å². The Balaban J connectivity index is 2.62. The van der Waals surface area contributed by atoms with Crippen LogP contribution in [0.25, 0.3) is 0 Å². The average molecular weight is 236 g/mol. The largest absolute Gasteiger partial charge is 0.394 e. The molecule has 94 valence electrons. The summed E-state index contributed by atoms with van der Waals surface area (Å²) in [5.74, 6) is -0.213. The highest BCUT2D eigenvalue weighted by Crippen LogP contribution is 2.11. The van der Waals surface area contributed by atoms with Crippen LogP contribution in [0.15, 0.2) is 30.3 Å². The zero-order chi connectivity index (χ0) is 12.7. The first-order valence-corrected chi connectivity index (χ1v) is 5.90. The van der Waals surface area contributed by atoms with Crippen molar-refractivity contribution in [2.75, 3.05) is 6.61 Å². The van der Waals surface area contributed by atoms with Gasteiger partial charge in [-0.25, -0.2) is 0 Å². The van der Waals surface area contributed by atoms with Gasteiger partial charge >= 0.3 is 0 Å². The number of amides is 1. The Hall–Kier alpha value is -1.39. The predicted octanol–water partition coefficient (Wildman–Crippen LogP) is 0.964. The van der Waals surface area contributed by atoms with Gasteiger partial charge in [0.05, 0.1) is 18.7 Å². The van der Waals surface area contributed by atoms with Gasteiger partial charge in [-0.3, -0.25) is 4.79 Å². The van der Waals surface area contributed by atoms with E-state index in [-0.39, 0.29) is 18.6 Å². The lowest BCUT2D eigenvalue weighted by Crippen LogP contribution is -2.43. The Kier molecular flexibility index (Phi) is 5.66. The van der Waals surface area contributed by atoms with E-state index >= 15 is 0 Å². The number of aliphatic hydroxyl groups is 1. The number of aliphatic hydroxyl groups excluding tert-OH is 1. The summed E-state index contributed by atoms with van der Waals surface area (Å²) in [5, 5.41) is 12.0. The maximum Gasteiger partial charge on any atom is 0.237 e. The van der Waals surface area contributed by atoms with Gasteiger partial charge in [0.25, 0.3) is 0 Å². The summed E-state index contributed by atoms with van der Waals surface area (Å²) in [7, 11) is 0. The van der Waals surface area contributed by atoms with Crippen LogP contribution in [0.1, 0.15) is 31.4 Å². The van der Waals surface area contributed by atoms with Crippen molar-refractivity contribution >= 4 is 5.91 Å². The molecule has 0 aliphatic rings. The van der Waals surface area contributed by atoms with Crippen LogP contribution in [0.3, 0.4) is 0 Å². The van der Waals surface area contributed by atoms with Crippen LogP contribution in [-0.4, -0.2) is 23.7 Å². The van der Waals surface area contributed by atoms with Crippen LogP contribution < -0.4 is 11.1 Å². The minimum Gasteiger partial charge on any atom is -0.394 e. The molecule has 4 heteroatoms. The molecule has 0 aliphatic carbocycles. The summed E-state index contributed by atoms with van der Waals surface area (Å²) < 4.78 is 0. The van der Waals surface area contributed by atoms with Crippen LogP contribution in [0.4, 0.5) is 0 Å². The topological polar surface area (TPSA) is 75.4 Å². The number of hydrogen-bond acceptors (Lipinski definition) is 3. The van der Waals surface area contributed by atoms with Crippen LogP contribution in [-0.2, 0) is 4.79 Å². The summed E-state index contributed by atoms with van der Waals surface area (Å²) in [6.45, 7) is 1.85. The number of rotatable bonds is 6. The second-order valence-corrected chi connectivity index (χ2v) is 4.05. The molecule has 0 aliphatic heterocycles. The molecule has 0 heterocycles. The van der Waals surface area contributed by atoms with Gasteiger partial charge in [0.2, 0.25) is 5.91 Å². The third-order valence-corrected chi connectivity index (χ3v) is 2.64. The number of carbonyl (C=O) groups is 1. The lowest BCUT2D eigenvalue weighted by Gasteiger charge is -2.19. The smallest absolute Gasteiger partial charge is 0.237 e. The molecule has 0 saturated heterocycles. The van der Waals surface area contributed by atoms with Crippen molar-refractivity contribution in [1.29, 1.82) is 0 Å². The molecular weight excluding hydrogens is 216 g/mol. The quantitative estimate of drug-likeness (QED) is 0.688. The third-order valence-electron chi connectivity index (χ3n) is 2.64. The summed E-state index contributed by atoms with van der Waals surface area (Å²) in [5.41, 5.74) is 6.60. The van der Waals surface area contributed by atoms with Crippen molar-refractivity contribution in [3.8, 4) is 0 Å². The molecule has 1 aromatic carbocycles. The number of hydrogen-bond donors (Lipinski definition) is 3. The van der Waals surface area contributed by atoms with E-state index in [9.17, 15) is 9.90 Å². The molecule has 17 heavy (non-hydrogen) atoms. The van der Waals surface area contributed by atoms with Gasteiger partial charge in [-0.15, -0.1) is 0 Å². The van der Waals surface area contributed by atoms with Crippen molar-refractivity contribution < 1.29 is 9.90 Å². The Morgan fingerprint density at radius 2 is 2.06 bits per heavy atom. The summed E-state index contributed by atoms with van der Waals surface area (Å²) >= 11 is 0. The standard InChI is InChI=1S/C13H20N2O2/c1-2-6-11(14)13(17)15-12(9-16)10-7-4-3-5-8-10/h3-5,7-8,11-12,16H,2,6,9,14H2,1H3,(H,15,17). The fourth-order valence-electron chi connectivity index (χ4n) is 1.64. The van der Waals surface area contributed by atoms with E-state index in [1.165, 1.54) is 0 Å². The maximum absolute atomic E-state index is 11.7. The van der Waals surface area contributed by atoms with Crippen molar-refractivity contribution in [1.82, 2.24) is 5.32 Å². The molecule has 4 nitrogen and oxygen atoms in total. The summed E-state index contributed by atoms with van der Waals surface area (Å²) in [4.78, 5) is 11.7. The lowest BCUT2D eigenvalue weighted by atomic mass is 10.1. The van der Waals surface area contributed by atoms with E-state index in [1.807, 2.05) is 37.3 Å². The van der Waals surface area contributed by atoms with Crippen LogP contribution >= 0.6 is 0 Å². The van der Waals surface area contributed by atoms with E-state index in [4.69, 9.17) is 5.73 Å². The highest BCUT2D eigenvalue weighted by molar-refractivity contribution is 5.81. The molecular formula is C13H20N2O2. The molecule has 0 spiro atoms. The van der Waals surface area contributed by atoms with Crippen LogP contribution in [0.5, 0.6) is 0 Å². The molecule has 1 rings (SSSR count). The fourth-order valence-corrected chi connectivity index (χ4v) is 1.64. The van der Waals surface area contributed by atoms with Crippen molar-refractivity contribution in [2.24, 2.45) is 5.73 Å². The number of nitrogens with one attached hydrogen (secondary N) is 1. The van der Waals surface area contributed by atoms with Gasteiger partial charge in [0.15, 0.2) is 0 Å². The highest BCUT2D eigenvalue weighted by Gasteiger charge is 2.17. The van der Waals surface area contributed by atoms with Crippen molar-refractivity contribution in [2.45, 2.75) is 31.8 Å². The molecule has 1 amide bonds. The van der Waals surface area contributed by atoms with Crippen LogP contribution in [0.2, 0.25) is 0 Å². The lowest BCUT2D eigenvalue weighted by molar-refractivity contribution is -0.123. The van der Waals surface area contributed by atoms with Crippen molar-refractivity contribution in [3.05, 3.63) is 35.9 Å². The minimum absolute atomic E-state index is 0.130. The van der Waals surface area contributed by atoms with E-state index in [1.54, 1.807) is 0 Å². The first-order valence-electron chi connectivity index (χ1n) is 5.90. The zero-order valence-corrected chi connectivity index (χ0v) is 10.1. The first kappa shape index (κ1) is 13.7. The molecule has 4 N–H and O–H groups in total. The van der Waals surface area contributed by atoms with E-state index in [0.717, 1.165) is 12.0 Å². The van der Waals surface area contributed by atoms with Gasteiger partial charge in [-0.05, 0) is 12.0 Å². The van der Waals surface area contributed by atoms with E-state index < -0.39 is 6.04 Å². The van der Waals surface area contributed by atoms with Gasteiger partial charge in [0, 0.05) is 0 Å². The molecule has 2 unspecified atom stereocenters. The van der Waals surface area contributed by atoms with Gasteiger partial charge < -0.3 is 16.2 Å². The molecule has 2 atom stereocenters. The SMILES string of the molecule is CCCC(N)C(=O)NC(CO)c1ccccc1. The minimum atomic E-state index is -0.502. The Bertz CT molecular complexity index is 341. The van der Waals surface area contributed by atoms with Gasteiger partial charge in [-0.1, -0.05) is 43.7 Å². The summed E-state index contributed by atoms with van der Waals surface area (Å²) in [6.07, 6.45) is 1.52. The van der Waals surface area contributed by atoms with E-state index in [2.05, 4.69) is 5.32 Å². The molecule has 0 bridgehead atoms. The molecule has 0 fully saturated rings. The average Bonchev–Trinajstić information content (AvgIpc) is 2.37. The first-order chi connectivity index (χ1) is 8.19. The van der Waals surface area contributed by atoms with Crippen molar-refractivity contribution in [3.63, 3.8) is 0 Å². The molecule has 0 saturated carbocycles.